The number of rotatable bonds is 6. The molecule has 2 N–H and O–H groups in total. The Morgan fingerprint density at radius 2 is 2.07 bits per heavy atom. The highest BCUT2D eigenvalue weighted by atomic mass is 32.1. The second kappa shape index (κ2) is 8.67. The molecule has 0 bridgehead atoms. The van der Waals surface area contributed by atoms with Crippen molar-refractivity contribution in [3.8, 4) is 0 Å². The fourth-order valence-corrected chi connectivity index (χ4v) is 4.17. The molecule has 1 aliphatic rings. The number of likely N-dealkylation sites (tertiary alicyclic amines) is 1. The van der Waals surface area contributed by atoms with Crippen molar-refractivity contribution in [1.29, 1.82) is 0 Å². The summed E-state index contributed by atoms with van der Waals surface area (Å²) in [4.78, 5) is 34.7. The van der Waals surface area contributed by atoms with Crippen molar-refractivity contribution in [2.24, 2.45) is 0 Å². The average molecular weight is 391 g/mol. The molecule has 27 heavy (non-hydrogen) atoms. The Labute approximate surface area is 163 Å². The molecular formula is C19H26N4O3S. The molecule has 2 aromatic rings. The highest BCUT2D eigenvalue weighted by Gasteiger charge is 2.24. The van der Waals surface area contributed by atoms with E-state index in [1.54, 1.807) is 6.92 Å². The molecule has 3 rings (SSSR count). The summed E-state index contributed by atoms with van der Waals surface area (Å²) in [6.07, 6.45) is 4.39. The molecule has 8 heteroatoms. The second-order valence-electron chi connectivity index (χ2n) is 6.76. The van der Waals surface area contributed by atoms with E-state index in [-0.39, 0.29) is 5.91 Å². The summed E-state index contributed by atoms with van der Waals surface area (Å²) in [5.41, 5.74) is 3.09. The predicted molar refractivity (Wildman–Crippen MR) is 105 cm³/mol. The SMILES string of the molecule is CCc1[nH]c(C(=O)Nc2nc(CN3CCCCC3)cs2)c(C)c1C(=O)OC. The summed E-state index contributed by atoms with van der Waals surface area (Å²) in [6, 6.07) is 0. The Morgan fingerprint density at radius 3 is 2.74 bits per heavy atom. The van der Waals surface area contributed by atoms with E-state index in [0.29, 0.717) is 34.1 Å². The molecule has 0 radical (unpaired) electrons. The molecule has 1 aliphatic heterocycles. The smallest absolute Gasteiger partial charge is 0.339 e. The van der Waals surface area contributed by atoms with Gasteiger partial charge < -0.3 is 9.72 Å². The maximum Gasteiger partial charge on any atom is 0.339 e. The number of anilines is 1. The van der Waals surface area contributed by atoms with E-state index in [0.717, 1.165) is 25.3 Å². The zero-order valence-electron chi connectivity index (χ0n) is 16.1. The first kappa shape index (κ1) is 19.6. The topological polar surface area (TPSA) is 87.3 Å². The molecule has 146 valence electrons. The monoisotopic (exact) mass is 390 g/mol. The highest BCUT2D eigenvalue weighted by molar-refractivity contribution is 7.13. The van der Waals surface area contributed by atoms with Crippen molar-refractivity contribution in [2.45, 2.75) is 46.1 Å². The van der Waals surface area contributed by atoms with Crippen molar-refractivity contribution < 1.29 is 14.3 Å². The van der Waals surface area contributed by atoms with Crippen LogP contribution in [0.15, 0.2) is 5.38 Å². The number of nitrogens with zero attached hydrogens (tertiary/aromatic N) is 2. The molecule has 0 saturated carbocycles. The minimum absolute atomic E-state index is 0.295. The third kappa shape index (κ3) is 4.39. The van der Waals surface area contributed by atoms with Crippen molar-refractivity contribution >= 4 is 28.3 Å². The first-order chi connectivity index (χ1) is 13.0. The zero-order valence-corrected chi connectivity index (χ0v) is 16.9. The Morgan fingerprint density at radius 1 is 1.33 bits per heavy atom. The summed E-state index contributed by atoms with van der Waals surface area (Å²) in [5.74, 6) is -0.728. The van der Waals surface area contributed by atoms with E-state index in [9.17, 15) is 9.59 Å². The second-order valence-corrected chi connectivity index (χ2v) is 7.62. The number of aromatic amines is 1. The molecule has 1 amide bonds. The van der Waals surface area contributed by atoms with Gasteiger partial charge in [-0.2, -0.15) is 0 Å². The quantitative estimate of drug-likeness (QED) is 0.739. The Kier molecular flexibility index (Phi) is 6.28. The molecule has 7 nitrogen and oxygen atoms in total. The number of aromatic nitrogens is 2. The van der Waals surface area contributed by atoms with E-state index < -0.39 is 5.97 Å². The summed E-state index contributed by atoms with van der Waals surface area (Å²) in [6.45, 7) is 6.71. The highest BCUT2D eigenvalue weighted by Crippen LogP contribution is 2.23. The van der Waals surface area contributed by atoms with E-state index in [1.807, 2.05) is 12.3 Å². The van der Waals surface area contributed by atoms with Gasteiger partial charge in [0.15, 0.2) is 5.13 Å². The van der Waals surface area contributed by atoms with Gasteiger partial charge >= 0.3 is 5.97 Å². The van der Waals surface area contributed by atoms with Crippen LogP contribution in [0.3, 0.4) is 0 Å². The molecular weight excluding hydrogens is 364 g/mol. The van der Waals surface area contributed by atoms with E-state index >= 15 is 0 Å². The van der Waals surface area contributed by atoms with E-state index in [2.05, 4.69) is 20.2 Å². The third-order valence-electron chi connectivity index (χ3n) is 4.90. The van der Waals surface area contributed by atoms with Crippen LogP contribution in [0.1, 0.15) is 64.0 Å². The van der Waals surface area contributed by atoms with Crippen LogP contribution in [-0.4, -0.2) is 46.9 Å². The number of ether oxygens (including phenoxy) is 1. The Balaban J connectivity index is 1.70. The minimum atomic E-state index is -0.433. The van der Waals surface area contributed by atoms with E-state index in [1.165, 1.54) is 37.7 Å². The number of methoxy groups -OCH3 is 1. The maximum absolute atomic E-state index is 12.7. The van der Waals surface area contributed by atoms with Crippen molar-refractivity contribution in [3.63, 3.8) is 0 Å². The van der Waals surface area contributed by atoms with Crippen LogP contribution in [0.2, 0.25) is 0 Å². The maximum atomic E-state index is 12.7. The lowest BCUT2D eigenvalue weighted by Gasteiger charge is -2.25. The van der Waals surface area contributed by atoms with Crippen LogP contribution in [0.25, 0.3) is 0 Å². The number of nitrogens with one attached hydrogen (secondary N) is 2. The predicted octanol–water partition coefficient (Wildman–Crippen LogP) is 3.37. The van der Waals surface area contributed by atoms with E-state index in [4.69, 9.17) is 4.74 Å². The molecule has 0 aliphatic carbocycles. The molecule has 0 spiro atoms. The fourth-order valence-electron chi connectivity index (χ4n) is 3.47. The van der Waals surface area contributed by atoms with Gasteiger partial charge in [-0.1, -0.05) is 13.3 Å². The normalized spacial score (nSPS) is 14.9. The molecule has 1 saturated heterocycles. The summed E-state index contributed by atoms with van der Waals surface area (Å²) in [5, 5.41) is 5.40. The number of carbonyl (C=O) groups is 2. The molecule has 0 atom stereocenters. The van der Waals surface area contributed by atoms with Crippen molar-refractivity contribution in [3.05, 3.63) is 33.6 Å². The van der Waals surface area contributed by atoms with Crippen molar-refractivity contribution in [2.75, 3.05) is 25.5 Å². The van der Waals surface area contributed by atoms with Gasteiger partial charge in [0, 0.05) is 17.6 Å². The lowest BCUT2D eigenvalue weighted by Crippen LogP contribution is -2.29. The zero-order chi connectivity index (χ0) is 19.4. The van der Waals surface area contributed by atoms with Crippen molar-refractivity contribution in [1.82, 2.24) is 14.9 Å². The van der Waals surface area contributed by atoms with Gasteiger partial charge in [-0.15, -0.1) is 11.3 Å². The molecule has 2 aromatic heterocycles. The van der Waals surface area contributed by atoms with Crippen LogP contribution < -0.4 is 5.32 Å². The number of carbonyl (C=O) groups excluding carboxylic acids is 2. The van der Waals surface area contributed by atoms with Gasteiger partial charge in [-0.3, -0.25) is 15.0 Å². The first-order valence-electron chi connectivity index (χ1n) is 9.31. The van der Waals surface area contributed by atoms with Crippen LogP contribution >= 0.6 is 11.3 Å². The summed E-state index contributed by atoms with van der Waals surface area (Å²) >= 11 is 1.42. The number of hydrogen-bond acceptors (Lipinski definition) is 6. The Hall–Kier alpha value is -2.19. The number of amides is 1. The van der Waals surface area contributed by atoms with Gasteiger partial charge in [-0.25, -0.2) is 9.78 Å². The van der Waals surface area contributed by atoms with Crippen LogP contribution in [0.4, 0.5) is 5.13 Å². The molecule has 3 heterocycles. The summed E-state index contributed by atoms with van der Waals surface area (Å²) in [7, 11) is 1.34. The van der Waals surface area contributed by atoms with Gasteiger partial charge in [-0.05, 0) is 44.8 Å². The minimum Gasteiger partial charge on any atom is -0.465 e. The first-order valence-corrected chi connectivity index (χ1v) is 10.2. The standard InChI is InChI=1S/C19H26N4O3S/c1-4-14-15(18(25)26-3)12(2)16(21-14)17(24)22-19-20-13(11-27-19)10-23-8-6-5-7-9-23/h11,21H,4-10H2,1-3H3,(H,20,22,24). The Bertz CT molecular complexity index is 821. The average Bonchev–Trinajstić information content (AvgIpc) is 3.25. The number of hydrogen-bond donors (Lipinski definition) is 2. The fraction of sp³-hybridized carbons (Fsp3) is 0.526. The van der Waals surface area contributed by atoms with Gasteiger partial charge in [0.25, 0.3) is 5.91 Å². The summed E-state index contributed by atoms with van der Waals surface area (Å²) < 4.78 is 4.84. The largest absolute Gasteiger partial charge is 0.465 e. The lowest BCUT2D eigenvalue weighted by molar-refractivity contribution is 0.0599. The number of piperidine rings is 1. The molecule has 1 fully saturated rings. The molecule has 0 aromatic carbocycles. The van der Waals surface area contributed by atoms with Gasteiger partial charge in [0.2, 0.25) is 0 Å². The number of thiazole rings is 1. The third-order valence-corrected chi connectivity index (χ3v) is 5.71. The molecule has 0 unspecified atom stereocenters. The van der Waals surface area contributed by atoms with Crippen LogP contribution in [0.5, 0.6) is 0 Å². The van der Waals surface area contributed by atoms with Crippen LogP contribution in [-0.2, 0) is 17.7 Å². The van der Waals surface area contributed by atoms with Gasteiger partial charge in [0.1, 0.15) is 5.69 Å². The van der Waals surface area contributed by atoms with Gasteiger partial charge in [0.05, 0.1) is 18.4 Å². The lowest BCUT2D eigenvalue weighted by atomic mass is 10.1. The number of aryl methyl sites for hydroxylation is 1. The number of H-pyrrole nitrogens is 1. The number of esters is 1. The van der Waals surface area contributed by atoms with Crippen LogP contribution in [0, 0.1) is 6.92 Å².